The molecule has 43 heavy (non-hydrogen) atoms. The van der Waals surface area contributed by atoms with Gasteiger partial charge < -0.3 is 15.4 Å². The maximum absolute atomic E-state index is 13.7. The summed E-state index contributed by atoms with van der Waals surface area (Å²) in [6.07, 6.45) is 2.70. The molecule has 1 aliphatic heterocycles. The number of amides is 1. The van der Waals surface area contributed by atoms with Gasteiger partial charge in [-0.25, -0.2) is 4.90 Å². The Morgan fingerprint density at radius 3 is 2.65 bits per heavy atom. The number of allylic oxidation sites excluding steroid dienone is 1. The van der Waals surface area contributed by atoms with Gasteiger partial charge in [0.2, 0.25) is 12.1 Å². The molecule has 5 rings (SSSR count). The van der Waals surface area contributed by atoms with E-state index >= 15 is 0 Å². The standard InChI is InChI=1S/C32H33N5O6/c1-19-8-6-9-21(14-19)17-27-28(34-35-43-27)26(39)16-20(2)15-24(31(33)41)37-29-23(12-7-13-25(29)38)18-36(42)32(37)30(40)22-10-4-3-5-11-22/h3-12,14,18,20,24,26,29,32,39H,13,15-17H2,1-2H3,(H-,33,41)/p+1/t20-,24?,26?,29?,32?/m0/s1. The van der Waals surface area contributed by atoms with E-state index in [1.807, 2.05) is 38.1 Å². The van der Waals surface area contributed by atoms with E-state index in [4.69, 9.17) is 10.3 Å². The quantitative estimate of drug-likeness (QED) is 0.254. The van der Waals surface area contributed by atoms with Crippen molar-refractivity contribution in [3.63, 3.8) is 0 Å². The maximum Gasteiger partial charge on any atom is 0.327 e. The molecule has 222 valence electrons. The summed E-state index contributed by atoms with van der Waals surface area (Å²) in [5.74, 6) is -1.51. The lowest BCUT2D eigenvalue weighted by molar-refractivity contribution is -0.540. The predicted molar refractivity (Wildman–Crippen MR) is 155 cm³/mol. The van der Waals surface area contributed by atoms with Crippen molar-refractivity contribution in [2.75, 3.05) is 0 Å². The molecule has 0 radical (unpaired) electrons. The van der Waals surface area contributed by atoms with Crippen LogP contribution in [0.1, 0.15) is 65.2 Å². The third-order valence-electron chi connectivity index (χ3n) is 7.93. The second-order valence-corrected chi connectivity index (χ2v) is 11.3. The summed E-state index contributed by atoms with van der Waals surface area (Å²) in [5.41, 5.74) is 8.92. The first-order chi connectivity index (χ1) is 20.6. The Morgan fingerprint density at radius 1 is 1.16 bits per heavy atom. The molecule has 0 spiro atoms. The van der Waals surface area contributed by atoms with Crippen LogP contribution in [0.4, 0.5) is 0 Å². The molecule has 2 aliphatic rings. The number of aryl methyl sites for hydroxylation is 1. The van der Waals surface area contributed by atoms with Crippen LogP contribution in [0, 0.1) is 17.7 Å². The molecular weight excluding hydrogens is 550 g/mol. The molecule has 0 fully saturated rings. The van der Waals surface area contributed by atoms with Gasteiger partial charge >= 0.3 is 6.17 Å². The Morgan fingerprint density at radius 2 is 1.93 bits per heavy atom. The van der Waals surface area contributed by atoms with Crippen LogP contribution in [-0.2, 0) is 16.0 Å². The number of hydrogen-bond donors (Lipinski definition) is 2. The van der Waals surface area contributed by atoms with E-state index in [0.717, 1.165) is 11.1 Å². The molecule has 1 amide bonds. The van der Waals surface area contributed by atoms with Gasteiger partial charge in [0.25, 0.3) is 5.78 Å². The molecule has 0 bridgehead atoms. The van der Waals surface area contributed by atoms with Crippen LogP contribution in [0.2, 0.25) is 0 Å². The van der Waals surface area contributed by atoms with Gasteiger partial charge in [0.05, 0.1) is 10.8 Å². The number of nitroso groups, excluding NO2 is 1. The van der Waals surface area contributed by atoms with E-state index in [0.29, 0.717) is 28.2 Å². The summed E-state index contributed by atoms with van der Waals surface area (Å²) in [5, 5.41) is 18.8. The first kappa shape index (κ1) is 29.9. The Bertz CT molecular complexity index is 1600. The zero-order valence-corrected chi connectivity index (χ0v) is 24.0. The zero-order valence-electron chi connectivity index (χ0n) is 24.0. The fraction of sp³-hybridized carbons (Fsp3) is 0.344. The minimum absolute atomic E-state index is 0.0675. The number of hydrogen-bond acceptors (Lipinski definition) is 9. The number of primary amides is 1. The Hall–Kier alpha value is -4.61. The average molecular weight is 585 g/mol. The van der Waals surface area contributed by atoms with Gasteiger partial charge in [-0.05, 0) is 31.2 Å². The van der Waals surface area contributed by atoms with Crippen LogP contribution < -0.4 is 5.73 Å². The molecule has 1 aliphatic carbocycles. The molecule has 2 heterocycles. The molecular formula is C32H34N5O6+. The number of benzene rings is 2. The van der Waals surface area contributed by atoms with Crippen molar-refractivity contribution >= 4 is 17.5 Å². The van der Waals surface area contributed by atoms with Crippen molar-refractivity contribution in [2.45, 2.75) is 63.9 Å². The molecule has 0 saturated carbocycles. The van der Waals surface area contributed by atoms with Crippen molar-refractivity contribution < 1.29 is 28.8 Å². The highest BCUT2D eigenvalue weighted by Crippen LogP contribution is 2.34. The molecule has 11 nitrogen and oxygen atoms in total. The number of rotatable bonds is 11. The maximum atomic E-state index is 13.7. The SMILES string of the molecule is Cc1cccc(Cc2onnc2C(O)C[C@@H](C)CC(C(N)=O)N2C3C(=O)CC=CC3=C[N+](=O)C2C(=O)c2ccccc2)c1. The van der Waals surface area contributed by atoms with Crippen LogP contribution in [0.5, 0.6) is 0 Å². The summed E-state index contributed by atoms with van der Waals surface area (Å²) in [7, 11) is 0. The lowest BCUT2D eigenvalue weighted by Crippen LogP contribution is -2.64. The summed E-state index contributed by atoms with van der Waals surface area (Å²) >= 11 is 0. The van der Waals surface area contributed by atoms with E-state index in [2.05, 4.69) is 10.4 Å². The Labute approximate surface area is 248 Å². The van der Waals surface area contributed by atoms with Crippen molar-refractivity contribution in [2.24, 2.45) is 11.7 Å². The topological polar surface area (TPSA) is 160 Å². The summed E-state index contributed by atoms with van der Waals surface area (Å²) in [4.78, 5) is 54.7. The second-order valence-electron chi connectivity index (χ2n) is 11.3. The molecule has 11 heteroatoms. The predicted octanol–water partition coefficient (Wildman–Crippen LogP) is 3.36. The zero-order chi connectivity index (χ0) is 30.7. The highest BCUT2D eigenvalue weighted by molar-refractivity contribution is 6.01. The van der Waals surface area contributed by atoms with Crippen molar-refractivity contribution in [1.29, 1.82) is 0 Å². The second kappa shape index (κ2) is 12.7. The van der Waals surface area contributed by atoms with Crippen molar-refractivity contribution in [1.82, 2.24) is 15.3 Å². The van der Waals surface area contributed by atoms with Gasteiger partial charge in [-0.2, -0.15) is 0 Å². The number of nitrogens with zero attached hydrogens (tertiary/aromatic N) is 4. The van der Waals surface area contributed by atoms with Gasteiger partial charge in [-0.15, -0.1) is 5.10 Å². The fourth-order valence-corrected chi connectivity index (χ4v) is 5.95. The van der Waals surface area contributed by atoms with Crippen LogP contribution in [0.15, 0.2) is 83.0 Å². The van der Waals surface area contributed by atoms with Gasteiger partial charge in [-0.3, -0.25) is 14.4 Å². The molecule has 3 aromatic rings. The minimum Gasteiger partial charge on any atom is -0.387 e. The number of fused-ring (bicyclic) bond motifs is 1. The van der Waals surface area contributed by atoms with Gasteiger partial charge in [0.15, 0.2) is 11.5 Å². The van der Waals surface area contributed by atoms with Crippen LogP contribution in [0.3, 0.4) is 0 Å². The highest BCUT2D eigenvalue weighted by atomic mass is 16.5. The van der Waals surface area contributed by atoms with Gasteiger partial charge in [-0.1, -0.05) is 79.2 Å². The highest BCUT2D eigenvalue weighted by Gasteiger charge is 2.54. The number of Topliss-reactive ketones (excluding diaryl/α,β-unsaturated/α-hetero) is 2. The van der Waals surface area contributed by atoms with Gasteiger partial charge in [0.1, 0.15) is 17.8 Å². The van der Waals surface area contributed by atoms with E-state index in [1.54, 1.807) is 42.5 Å². The number of aliphatic hydroxyl groups is 1. The molecule has 1 aromatic heterocycles. The molecule has 0 saturated heterocycles. The average Bonchev–Trinajstić information content (AvgIpc) is 3.43. The van der Waals surface area contributed by atoms with E-state index < -0.39 is 36.0 Å². The largest absolute Gasteiger partial charge is 0.387 e. The number of aliphatic hydroxyl groups excluding tert-OH is 1. The normalized spacial score (nSPS) is 20.7. The summed E-state index contributed by atoms with van der Waals surface area (Å²) in [6, 6.07) is 14.0. The molecule has 4 unspecified atom stereocenters. The van der Waals surface area contributed by atoms with Crippen LogP contribution >= 0.6 is 0 Å². The van der Waals surface area contributed by atoms with Gasteiger partial charge in [0, 0.05) is 34.2 Å². The Kier molecular flexibility index (Phi) is 8.84. The lowest BCUT2D eigenvalue weighted by atomic mass is 9.86. The lowest BCUT2D eigenvalue weighted by Gasteiger charge is -2.40. The first-order valence-corrected chi connectivity index (χ1v) is 14.2. The molecule has 3 N–H and O–H groups in total. The molecule has 5 atom stereocenters. The smallest absolute Gasteiger partial charge is 0.327 e. The number of aromatic nitrogens is 2. The van der Waals surface area contributed by atoms with E-state index in [1.165, 1.54) is 11.1 Å². The molecule has 2 aromatic carbocycles. The first-order valence-electron chi connectivity index (χ1n) is 14.2. The van der Waals surface area contributed by atoms with E-state index in [9.17, 15) is 24.4 Å². The number of carbonyl (C=O) groups is 3. The number of nitrogens with two attached hydrogens (primary N) is 1. The van der Waals surface area contributed by atoms with Crippen molar-refractivity contribution in [3.05, 3.63) is 112 Å². The monoisotopic (exact) mass is 584 g/mol. The summed E-state index contributed by atoms with van der Waals surface area (Å²) in [6.45, 7) is 3.80. The fourth-order valence-electron chi connectivity index (χ4n) is 5.95. The minimum atomic E-state index is -1.48. The third-order valence-corrected chi connectivity index (χ3v) is 7.93. The third kappa shape index (κ3) is 6.42. The Balaban J connectivity index is 1.40. The van der Waals surface area contributed by atoms with Crippen LogP contribution in [0.25, 0.3) is 0 Å². The van der Waals surface area contributed by atoms with Crippen LogP contribution in [-0.4, -0.2) is 60.9 Å². The van der Waals surface area contributed by atoms with Crippen molar-refractivity contribution in [3.8, 4) is 0 Å². The number of carbonyl (C=O) groups excluding carboxylic acids is 3. The van der Waals surface area contributed by atoms with E-state index in [-0.39, 0.29) is 36.5 Å². The number of ketones is 2. The summed E-state index contributed by atoms with van der Waals surface area (Å²) < 4.78 is 5.84.